The zero-order valence-corrected chi connectivity index (χ0v) is 36.6. The lowest BCUT2D eigenvalue weighted by molar-refractivity contribution is -0.170. The Bertz CT molecular complexity index is 2600. The van der Waals surface area contributed by atoms with Gasteiger partial charge in [-0.05, 0) is 59.9 Å². The zero-order valence-electron chi connectivity index (χ0n) is 36.6. The molecule has 328 valence electrons. The molecule has 6 aromatic carbocycles. The minimum atomic E-state index is -0.885. The van der Waals surface area contributed by atoms with Crippen molar-refractivity contribution in [1.82, 2.24) is 14.5 Å². The summed E-state index contributed by atoms with van der Waals surface area (Å²) >= 11 is 0. The highest BCUT2D eigenvalue weighted by molar-refractivity contribution is 6.03. The number of aromatic nitrogens is 2. The number of amides is 1. The highest BCUT2D eigenvalue weighted by Crippen LogP contribution is 2.44. The van der Waals surface area contributed by atoms with E-state index in [2.05, 4.69) is 100 Å². The Morgan fingerprint density at radius 1 is 0.677 bits per heavy atom. The lowest BCUT2D eigenvalue weighted by Crippen LogP contribution is -2.58. The highest BCUT2D eigenvalue weighted by Gasteiger charge is 2.46. The average molecular weight is 865 g/mol. The molecule has 1 fully saturated rings. The maximum Gasteiger partial charge on any atom is 0.351 e. The molecule has 1 aromatic heterocycles. The van der Waals surface area contributed by atoms with Gasteiger partial charge in [-0.1, -0.05) is 169 Å². The number of Topliss-reactive ketones (excluding diaryl/α,β-unsaturated/α-hetero) is 1. The van der Waals surface area contributed by atoms with E-state index in [9.17, 15) is 19.2 Å². The molecule has 0 aliphatic carbocycles. The van der Waals surface area contributed by atoms with Gasteiger partial charge in [0, 0.05) is 43.6 Å². The van der Waals surface area contributed by atoms with Crippen LogP contribution in [-0.4, -0.2) is 57.9 Å². The van der Waals surface area contributed by atoms with Gasteiger partial charge in [-0.3, -0.25) is 23.9 Å². The van der Waals surface area contributed by atoms with Crippen LogP contribution in [0.4, 0.5) is 5.82 Å². The van der Waals surface area contributed by atoms with E-state index in [4.69, 9.17) is 9.47 Å². The Morgan fingerprint density at radius 3 is 1.69 bits per heavy atom. The third kappa shape index (κ3) is 10.4. The Morgan fingerprint density at radius 2 is 1.18 bits per heavy atom. The molecule has 10 heteroatoms. The van der Waals surface area contributed by atoms with Gasteiger partial charge in [-0.25, -0.2) is 4.79 Å². The Balaban J connectivity index is 1.05. The molecule has 65 heavy (non-hydrogen) atoms. The summed E-state index contributed by atoms with van der Waals surface area (Å²) in [4.78, 5) is 60.5. The molecule has 0 spiro atoms. The molecule has 8 rings (SSSR count). The van der Waals surface area contributed by atoms with Gasteiger partial charge in [-0.2, -0.15) is 4.98 Å². The first-order chi connectivity index (χ1) is 31.7. The zero-order chi connectivity index (χ0) is 45.2. The van der Waals surface area contributed by atoms with E-state index < -0.39 is 35.4 Å². The molecule has 2 heterocycles. The van der Waals surface area contributed by atoms with Crippen molar-refractivity contribution < 1.29 is 23.9 Å². The quantitative estimate of drug-likeness (QED) is 0.0754. The van der Waals surface area contributed by atoms with E-state index in [0.717, 1.165) is 38.9 Å². The van der Waals surface area contributed by atoms with Crippen LogP contribution in [0.15, 0.2) is 187 Å². The third-order valence-electron chi connectivity index (χ3n) is 12.0. The summed E-state index contributed by atoms with van der Waals surface area (Å²) in [5.41, 5.74) is 6.26. The lowest BCUT2D eigenvalue weighted by atomic mass is 9.75. The molecule has 1 N–H and O–H groups in total. The second kappa shape index (κ2) is 20.5. The standard InChI is InChI=1S/C55H52N4O6/c1-39-23-27-41(28-24-39)49(42-29-25-40(2)26-30-42)35-47(60)31-32-52(61)64-38-48-36-58(37-51(65-48)59-34-33-50(57-54(59)63)56-53(62)43-15-7-3-8-16-43)55(44-17-9-4-10-18-44,45-19-11-5-12-20-45)46-21-13-6-14-22-46/h3-30,33-34,48-49,51H,31-32,35-38H2,1-2H3,(H,56,57,62,63)/t48-,51+/m0/s1. The van der Waals surface area contributed by atoms with Crippen molar-refractivity contribution in [3.8, 4) is 0 Å². The average Bonchev–Trinajstić information content (AvgIpc) is 3.34. The SMILES string of the molecule is Cc1ccc(C(CC(=O)CCC(=O)OC[C@@H]2CN(C(c3ccccc3)(c3ccccc3)c3ccccc3)C[C@H](n3ccc(NC(=O)c4ccccc4)nc3=O)O2)c2ccc(C)cc2)cc1. The van der Waals surface area contributed by atoms with E-state index in [-0.39, 0.29) is 49.9 Å². The third-order valence-corrected chi connectivity index (χ3v) is 12.0. The number of morpholine rings is 1. The summed E-state index contributed by atoms with van der Waals surface area (Å²) in [7, 11) is 0. The van der Waals surface area contributed by atoms with Gasteiger partial charge >= 0.3 is 11.7 Å². The van der Waals surface area contributed by atoms with Crippen LogP contribution < -0.4 is 11.0 Å². The first-order valence-corrected chi connectivity index (χ1v) is 22.0. The van der Waals surface area contributed by atoms with Gasteiger partial charge in [0.25, 0.3) is 5.91 Å². The fraction of sp³-hybridized carbons (Fsp3) is 0.218. The maximum absolute atomic E-state index is 13.9. The minimum Gasteiger partial charge on any atom is -0.463 e. The number of hydrogen-bond donors (Lipinski definition) is 1. The lowest BCUT2D eigenvalue weighted by Gasteiger charge is -2.50. The van der Waals surface area contributed by atoms with Crippen LogP contribution in [-0.2, 0) is 24.6 Å². The molecule has 0 radical (unpaired) electrons. The molecular weight excluding hydrogens is 813 g/mol. The Kier molecular flexibility index (Phi) is 14.0. The summed E-state index contributed by atoms with van der Waals surface area (Å²) in [6, 6.07) is 57.3. The summed E-state index contributed by atoms with van der Waals surface area (Å²) in [6.07, 6.45) is 0.161. The smallest absolute Gasteiger partial charge is 0.351 e. The number of esters is 1. The normalized spacial score (nSPS) is 15.3. The largest absolute Gasteiger partial charge is 0.463 e. The molecule has 1 aliphatic heterocycles. The first kappa shape index (κ1) is 44.3. The molecule has 0 bridgehead atoms. The summed E-state index contributed by atoms with van der Waals surface area (Å²) in [6.45, 7) is 4.49. The van der Waals surface area contributed by atoms with Crippen LogP contribution in [0.2, 0.25) is 0 Å². The summed E-state index contributed by atoms with van der Waals surface area (Å²) in [5.74, 6) is -0.999. The van der Waals surface area contributed by atoms with Gasteiger partial charge < -0.3 is 14.8 Å². The second-order valence-corrected chi connectivity index (χ2v) is 16.5. The van der Waals surface area contributed by atoms with Crippen molar-refractivity contribution >= 4 is 23.5 Å². The van der Waals surface area contributed by atoms with Crippen molar-refractivity contribution in [1.29, 1.82) is 0 Å². The predicted octanol–water partition coefficient (Wildman–Crippen LogP) is 9.42. The molecular formula is C55H52N4O6. The number of anilines is 1. The number of aryl methyl sites for hydroxylation is 2. The molecule has 1 amide bonds. The molecule has 1 aliphatic rings. The predicted molar refractivity (Wildman–Crippen MR) is 252 cm³/mol. The first-order valence-electron chi connectivity index (χ1n) is 22.0. The number of nitrogens with one attached hydrogen (secondary N) is 1. The van der Waals surface area contributed by atoms with Gasteiger partial charge in [0.2, 0.25) is 0 Å². The van der Waals surface area contributed by atoms with E-state index in [1.54, 1.807) is 36.5 Å². The van der Waals surface area contributed by atoms with E-state index in [1.165, 1.54) is 4.57 Å². The Labute approximate surface area is 379 Å². The van der Waals surface area contributed by atoms with Crippen LogP contribution in [0, 0.1) is 13.8 Å². The minimum absolute atomic E-state index is 0.0285. The number of nitrogens with zero attached hydrogens (tertiary/aromatic N) is 3. The van der Waals surface area contributed by atoms with Crippen LogP contribution in [0.25, 0.3) is 0 Å². The molecule has 10 nitrogen and oxygen atoms in total. The van der Waals surface area contributed by atoms with Crippen molar-refractivity contribution in [3.05, 3.63) is 237 Å². The molecule has 0 saturated carbocycles. The number of benzene rings is 6. The van der Waals surface area contributed by atoms with Gasteiger partial charge in [0.1, 0.15) is 24.3 Å². The summed E-state index contributed by atoms with van der Waals surface area (Å²) in [5, 5.41) is 2.72. The molecule has 0 unspecified atom stereocenters. The molecule has 2 atom stereocenters. The summed E-state index contributed by atoms with van der Waals surface area (Å²) < 4.78 is 14.0. The number of ketones is 1. The van der Waals surface area contributed by atoms with Crippen LogP contribution >= 0.6 is 0 Å². The van der Waals surface area contributed by atoms with Crippen LogP contribution in [0.5, 0.6) is 0 Å². The fourth-order valence-corrected chi connectivity index (χ4v) is 8.76. The number of carbonyl (C=O) groups is 3. The van der Waals surface area contributed by atoms with Gasteiger partial charge in [0.15, 0.2) is 6.23 Å². The fourth-order valence-electron chi connectivity index (χ4n) is 8.76. The van der Waals surface area contributed by atoms with Crippen LogP contribution in [0.3, 0.4) is 0 Å². The second-order valence-electron chi connectivity index (χ2n) is 16.5. The molecule has 1 saturated heterocycles. The number of ether oxygens (including phenoxy) is 2. The van der Waals surface area contributed by atoms with Gasteiger partial charge in [-0.15, -0.1) is 0 Å². The number of rotatable bonds is 16. The molecule has 7 aromatic rings. The van der Waals surface area contributed by atoms with E-state index in [0.29, 0.717) is 12.1 Å². The van der Waals surface area contributed by atoms with E-state index in [1.807, 2.05) is 74.5 Å². The van der Waals surface area contributed by atoms with Crippen molar-refractivity contribution in [3.63, 3.8) is 0 Å². The highest BCUT2D eigenvalue weighted by atomic mass is 16.6. The van der Waals surface area contributed by atoms with Crippen molar-refractivity contribution in [2.45, 2.75) is 56.9 Å². The maximum atomic E-state index is 13.9. The van der Waals surface area contributed by atoms with E-state index >= 15 is 0 Å². The van der Waals surface area contributed by atoms with Crippen molar-refractivity contribution in [2.75, 3.05) is 25.0 Å². The number of carbonyl (C=O) groups excluding carboxylic acids is 3. The van der Waals surface area contributed by atoms with Crippen LogP contribution in [0.1, 0.15) is 80.7 Å². The Hall–Kier alpha value is -7.27. The number of hydrogen-bond acceptors (Lipinski definition) is 8. The van der Waals surface area contributed by atoms with Gasteiger partial charge in [0.05, 0.1) is 12.0 Å². The van der Waals surface area contributed by atoms with Crippen molar-refractivity contribution in [2.24, 2.45) is 0 Å². The monoisotopic (exact) mass is 864 g/mol. The topological polar surface area (TPSA) is 120 Å².